The van der Waals surface area contributed by atoms with Gasteiger partial charge in [0.2, 0.25) is 0 Å². The number of para-hydroxylation sites is 4. The van der Waals surface area contributed by atoms with Gasteiger partial charge in [-0.2, -0.15) is 0 Å². The minimum absolute atomic E-state index is 0.00171. The molecular weight excluding hydrogens is 907 g/mol. The fraction of sp³-hybridized carbons (Fsp3) is 0.167. The van der Waals surface area contributed by atoms with Gasteiger partial charge in [-0.25, -0.2) is 0 Å². The first-order chi connectivity index (χ1) is 36.2. The van der Waals surface area contributed by atoms with Gasteiger partial charge in [-0.3, -0.25) is 0 Å². The molecule has 3 aromatic heterocycles. The maximum atomic E-state index is 2.49. The molecule has 0 atom stereocenters. The number of aromatic nitrogens is 3. The summed E-state index contributed by atoms with van der Waals surface area (Å²) in [6, 6.07) is 83.7. The Morgan fingerprint density at radius 3 is 1.04 bits per heavy atom. The first-order valence-electron chi connectivity index (χ1n) is 26.6. The van der Waals surface area contributed by atoms with E-state index < -0.39 is 0 Å². The number of hydrogen-bond donors (Lipinski definition) is 0. The van der Waals surface area contributed by atoms with Crippen LogP contribution in [0, 0.1) is 0 Å². The van der Waals surface area contributed by atoms with E-state index in [2.05, 4.69) is 307 Å². The third-order valence-electron chi connectivity index (χ3n) is 15.2. The SMILES string of the molecule is CC(C)(C)c1c(-n2c3ccccc3c3ccccc32)ccc2c1c1c(-c3ccccc3)cccc1n2-c1ccccc1.CC(C)(C)c1ccc2c(c1C(C)(C)C)c1c(-c3ccccc3)cccc1n2-c1ccccc1. The second-order valence-corrected chi connectivity index (χ2v) is 23.3. The molecule has 0 bridgehead atoms. The lowest BCUT2D eigenvalue weighted by Gasteiger charge is -2.31. The molecule has 3 nitrogen and oxygen atoms in total. The molecule has 10 aromatic carbocycles. The summed E-state index contributed by atoms with van der Waals surface area (Å²) < 4.78 is 7.38. The smallest absolute Gasteiger partial charge is 0.0547 e. The van der Waals surface area contributed by atoms with Crippen molar-refractivity contribution in [2.24, 2.45) is 0 Å². The van der Waals surface area contributed by atoms with Crippen LogP contribution in [0.25, 0.3) is 105 Å². The molecule has 3 heteroatoms. The Morgan fingerprint density at radius 1 is 0.253 bits per heavy atom. The van der Waals surface area contributed by atoms with Crippen LogP contribution in [0.1, 0.15) is 79.0 Å². The zero-order valence-corrected chi connectivity index (χ0v) is 44.8. The van der Waals surface area contributed by atoms with Crippen molar-refractivity contribution in [3.8, 4) is 39.3 Å². The molecule has 0 saturated heterocycles. The zero-order chi connectivity index (χ0) is 51.8. The predicted octanol–water partition coefficient (Wildman–Crippen LogP) is 19.9. The number of nitrogens with zero attached hydrogens (tertiary/aromatic N) is 3. The van der Waals surface area contributed by atoms with Crippen molar-refractivity contribution in [3.63, 3.8) is 0 Å². The minimum Gasteiger partial charge on any atom is -0.309 e. The molecular formula is C72H65N3. The third-order valence-corrected chi connectivity index (χ3v) is 15.2. The summed E-state index contributed by atoms with van der Waals surface area (Å²) in [6.45, 7) is 21.1. The van der Waals surface area contributed by atoms with E-state index in [1.807, 2.05) is 0 Å². The van der Waals surface area contributed by atoms with Crippen LogP contribution in [0.15, 0.2) is 231 Å². The number of fused-ring (bicyclic) bond motifs is 9. The van der Waals surface area contributed by atoms with Crippen LogP contribution >= 0.6 is 0 Å². The summed E-state index contributed by atoms with van der Waals surface area (Å²) in [5.74, 6) is 0. The fourth-order valence-electron chi connectivity index (χ4n) is 12.2. The number of rotatable bonds is 5. The highest BCUT2D eigenvalue weighted by molar-refractivity contribution is 6.20. The second-order valence-electron chi connectivity index (χ2n) is 23.3. The van der Waals surface area contributed by atoms with Crippen LogP contribution in [0.4, 0.5) is 0 Å². The van der Waals surface area contributed by atoms with Gasteiger partial charge in [-0.1, -0.05) is 226 Å². The van der Waals surface area contributed by atoms with E-state index in [9.17, 15) is 0 Å². The number of benzene rings is 10. The van der Waals surface area contributed by atoms with E-state index in [0.717, 1.165) is 0 Å². The van der Waals surface area contributed by atoms with Crippen molar-refractivity contribution >= 4 is 65.4 Å². The summed E-state index contributed by atoms with van der Waals surface area (Å²) in [7, 11) is 0. The quantitative estimate of drug-likeness (QED) is 0.163. The van der Waals surface area contributed by atoms with Crippen LogP contribution in [0.2, 0.25) is 0 Å². The average Bonchev–Trinajstić information content (AvgIpc) is 4.06. The number of hydrogen-bond acceptors (Lipinski definition) is 0. The van der Waals surface area contributed by atoms with E-state index in [1.165, 1.54) is 121 Å². The summed E-state index contributed by atoms with van der Waals surface area (Å²) >= 11 is 0. The van der Waals surface area contributed by atoms with Crippen LogP contribution in [0.5, 0.6) is 0 Å². The molecule has 0 saturated carbocycles. The lowest BCUT2D eigenvalue weighted by molar-refractivity contribution is 0.535. The van der Waals surface area contributed by atoms with Crippen molar-refractivity contribution in [2.45, 2.75) is 78.6 Å². The monoisotopic (exact) mass is 972 g/mol. The minimum atomic E-state index is -0.138. The molecule has 0 unspecified atom stereocenters. The molecule has 3 heterocycles. The lowest BCUT2D eigenvalue weighted by atomic mass is 9.73. The molecule has 0 amide bonds. The maximum Gasteiger partial charge on any atom is 0.0547 e. The average molecular weight is 972 g/mol. The van der Waals surface area contributed by atoms with Gasteiger partial charge in [0.05, 0.1) is 38.8 Å². The van der Waals surface area contributed by atoms with Gasteiger partial charge in [-0.05, 0) is 122 Å². The van der Waals surface area contributed by atoms with E-state index in [-0.39, 0.29) is 16.2 Å². The van der Waals surface area contributed by atoms with Gasteiger partial charge in [0.1, 0.15) is 0 Å². The Labute approximate surface area is 442 Å². The standard InChI is InChI=1S/C40H32N2.C32H33N/c1-40(2,3)39-36(42-32-22-12-10-19-30(32)31-20-11-13-23-33(31)42)26-25-35-38(39)37-29(27-15-6-4-7-16-27)21-14-24-34(37)41(35)28-17-8-5-9-18-28;1-31(2,3)25-20-21-27-29(30(25)32(4,5)6)28-24(22-14-9-7-10-15-22)18-13-19-26(28)33(27)23-16-11-8-12-17-23/h4-26H,1-3H3;7-21H,1-6H3. The summed E-state index contributed by atoms with van der Waals surface area (Å²) in [5, 5.41) is 7.91. The van der Waals surface area contributed by atoms with Crippen molar-refractivity contribution in [3.05, 3.63) is 247 Å². The fourth-order valence-corrected chi connectivity index (χ4v) is 12.2. The molecule has 0 radical (unpaired) electrons. The highest BCUT2D eigenvalue weighted by atomic mass is 15.0. The van der Waals surface area contributed by atoms with E-state index in [1.54, 1.807) is 0 Å². The predicted molar refractivity (Wildman–Crippen MR) is 323 cm³/mol. The molecule has 0 aliphatic heterocycles. The molecule has 368 valence electrons. The van der Waals surface area contributed by atoms with Crippen LogP contribution in [-0.2, 0) is 16.2 Å². The maximum absolute atomic E-state index is 2.49. The molecule has 75 heavy (non-hydrogen) atoms. The van der Waals surface area contributed by atoms with Crippen molar-refractivity contribution < 1.29 is 0 Å². The van der Waals surface area contributed by atoms with Gasteiger partial charge in [0.15, 0.2) is 0 Å². The van der Waals surface area contributed by atoms with E-state index >= 15 is 0 Å². The Kier molecular flexibility index (Phi) is 11.6. The van der Waals surface area contributed by atoms with Gasteiger partial charge < -0.3 is 13.7 Å². The Balaban J connectivity index is 0.000000157. The largest absolute Gasteiger partial charge is 0.309 e. The zero-order valence-electron chi connectivity index (χ0n) is 44.8. The molecule has 0 aliphatic carbocycles. The summed E-state index contributed by atoms with van der Waals surface area (Å²) in [6.07, 6.45) is 0. The van der Waals surface area contributed by atoms with Gasteiger partial charge >= 0.3 is 0 Å². The molecule has 0 spiro atoms. The van der Waals surface area contributed by atoms with E-state index in [4.69, 9.17) is 0 Å². The topological polar surface area (TPSA) is 14.8 Å². The molecule has 0 fully saturated rings. The van der Waals surface area contributed by atoms with Crippen molar-refractivity contribution in [1.29, 1.82) is 0 Å². The summed E-state index contributed by atoms with van der Waals surface area (Å²) in [4.78, 5) is 0. The summed E-state index contributed by atoms with van der Waals surface area (Å²) in [5.41, 5.74) is 20.3. The first kappa shape index (κ1) is 47.6. The molecule has 0 N–H and O–H groups in total. The van der Waals surface area contributed by atoms with Crippen LogP contribution in [0.3, 0.4) is 0 Å². The van der Waals surface area contributed by atoms with Crippen molar-refractivity contribution in [1.82, 2.24) is 13.7 Å². The van der Waals surface area contributed by atoms with Crippen LogP contribution < -0.4 is 0 Å². The first-order valence-corrected chi connectivity index (χ1v) is 26.6. The van der Waals surface area contributed by atoms with Gasteiger partial charge in [-0.15, -0.1) is 0 Å². The molecule has 13 rings (SSSR count). The Hall–Kier alpha value is -8.40. The van der Waals surface area contributed by atoms with E-state index in [0.29, 0.717) is 0 Å². The third kappa shape index (κ3) is 8.05. The Morgan fingerprint density at radius 2 is 0.613 bits per heavy atom. The second kappa shape index (κ2) is 18.2. The highest BCUT2D eigenvalue weighted by Crippen LogP contribution is 2.49. The van der Waals surface area contributed by atoms with Crippen molar-refractivity contribution in [2.75, 3.05) is 0 Å². The molecule has 0 aliphatic rings. The highest BCUT2D eigenvalue weighted by Gasteiger charge is 2.32. The van der Waals surface area contributed by atoms with Gasteiger partial charge in [0, 0.05) is 43.7 Å². The Bertz CT molecular complexity index is 4190. The van der Waals surface area contributed by atoms with Gasteiger partial charge in [0.25, 0.3) is 0 Å². The van der Waals surface area contributed by atoms with Crippen LogP contribution in [-0.4, -0.2) is 13.7 Å². The normalized spacial score (nSPS) is 12.3. The molecule has 13 aromatic rings. The lowest BCUT2D eigenvalue weighted by Crippen LogP contribution is -2.22.